The number of aromatic nitrogens is 1. The Morgan fingerprint density at radius 3 is 2.62 bits per heavy atom. The minimum Gasteiger partial charge on any atom is -0.385 e. The first kappa shape index (κ1) is 11.5. The summed E-state index contributed by atoms with van der Waals surface area (Å²) in [5.74, 6) is -0.256. The predicted octanol–water partition coefficient (Wildman–Crippen LogP) is 2.86. The molecule has 1 heterocycles. The molecule has 2 rings (SSSR count). The third-order valence-electron chi connectivity index (χ3n) is 3.63. The van der Waals surface area contributed by atoms with Crippen LogP contribution in [0, 0.1) is 17.2 Å². The van der Waals surface area contributed by atoms with Crippen LogP contribution < -0.4 is 0 Å². The van der Waals surface area contributed by atoms with E-state index in [1.54, 1.807) is 6.20 Å². The van der Waals surface area contributed by atoms with E-state index in [9.17, 15) is 9.50 Å². The molecule has 1 aliphatic rings. The highest BCUT2D eigenvalue weighted by molar-refractivity contribution is 5.23. The summed E-state index contributed by atoms with van der Waals surface area (Å²) in [5, 5.41) is 10.7. The second-order valence-corrected chi connectivity index (χ2v) is 5.76. The second-order valence-electron chi connectivity index (χ2n) is 5.76. The van der Waals surface area contributed by atoms with Crippen molar-refractivity contribution < 1.29 is 9.50 Å². The zero-order valence-corrected chi connectivity index (χ0v) is 10.00. The topological polar surface area (TPSA) is 33.1 Å². The van der Waals surface area contributed by atoms with Gasteiger partial charge in [0, 0.05) is 11.8 Å². The highest BCUT2D eigenvalue weighted by Gasteiger charge is 2.48. The molecule has 1 aromatic rings. The Labute approximate surface area is 95.5 Å². The van der Waals surface area contributed by atoms with Crippen LogP contribution >= 0.6 is 0 Å². The molecule has 0 aromatic carbocycles. The normalized spacial score (nSPS) is 32.9. The summed E-state index contributed by atoms with van der Waals surface area (Å²) in [7, 11) is 0. The maximum absolute atomic E-state index is 13.1. The van der Waals surface area contributed by atoms with Gasteiger partial charge in [0.15, 0.2) is 0 Å². The van der Waals surface area contributed by atoms with Crippen molar-refractivity contribution in [2.24, 2.45) is 11.3 Å². The molecule has 0 radical (unpaired) electrons. The van der Waals surface area contributed by atoms with E-state index in [4.69, 9.17) is 0 Å². The molecular weight excluding hydrogens is 205 g/mol. The van der Waals surface area contributed by atoms with E-state index in [-0.39, 0.29) is 17.2 Å². The fourth-order valence-corrected chi connectivity index (χ4v) is 3.01. The Morgan fingerprint density at radius 1 is 1.44 bits per heavy atom. The molecule has 3 heteroatoms. The van der Waals surface area contributed by atoms with Gasteiger partial charge in [-0.25, -0.2) is 4.39 Å². The van der Waals surface area contributed by atoms with Crippen LogP contribution in [-0.2, 0) is 5.60 Å². The highest BCUT2D eigenvalue weighted by Crippen LogP contribution is 2.52. The second kappa shape index (κ2) is 3.52. The lowest BCUT2D eigenvalue weighted by Gasteiger charge is -2.28. The van der Waals surface area contributed by atoms with Crippen molar-refractivity contribution in [3.05, 3.63) is 29.8 Å². The molecule has 1 N–H and O–H groups in total. The zero-order chi connectivity index (χ0) is 12.0. The Balaban J connectivity index is 2.40. The third kappa shape index (κ3) is 1.84. The lowest BCUT2D eigenvalue weighted by Crippen LogP contribution is -2.29. The molecule has 0 spiro atoms. The predicted molar refractivity (Wildman–Crippen MR) is 60.3 cm³/mol. The molecule has 0 saturated heterocycles. The Bertz CT molecular complexity index is 405. The third-order valence-corrected chi connectivity index (χ3v) is 3.63. The smallest absolute Gasteiger partial charge is 0.141 e. The van der Waals surface area contributed by atoms with Crippen molar-refractivity contribution in [2.75, 3.05) is 0 Å². The molecular formula is C13H18FNO. The van der Waals surface area contributed by atoms with Crippen LogP contribution in [0.4, 0.5) is 4.39 Å². The molecule has 0 amide bonds. The molecule has 1 saturated carbocycles. The van der Waals surface area contributed by atoms with Gasteiger partial charge in [-0.05, 0) is 30.2 Å². The molecule has 0 bridgehead atoms. The van der Waals surface area contributed by atoms with E-state index < -0.39 is 5.60 Å². The highest BCUT2D eigenvalue weighted by atomic mass is 19.1. The first-order valence-corrected chi connectivity index (χ1v) is 5.67. The molecule has 1 aromatic heterocycles. The number of hydrogen-bond donors (Lipinski definition) is 1. The maximum atomic E-state index is 13.1. The van der Waals surface area contributed by atoms with Crippen LogP contribution in [0.15, 0.2) is 18.5 Å². The van der Waals surface area contributed by atoms with Gasteiger partial charge in [-0.2, -0.15) is 0 Å². The average molecular weight is 223 g/mol. The van der Waals surface area contributed by atoms with Crippen LogP contribution in [0.5, 0.6) is 0 Å². The lowest BCUT2D eigenvalue weighted by molar-refractivity contribution is -0.00144. The van der Waals surface area contributed by atoms with Gasteiger partial charge in [0.2, 0.25) is 0 Å². The van der Waals surface area contributed by atoms with Crippen LogP contribution in [0.25, 0.3) is 0 Å². The molecule has 1 aliphatic carbocycles. The minimum atomic E-state index is -0.932. The Morgan fingerprint density at radius 2 is 2.12 bits per heavy atom. The van der Waals surface area contributed by atoms with Gasteiger partial charge in [-0.3, -0.25) is 4.98 Å². The fourth-order valence-electron chi connectivity index (χ4n) is 3.01. The van der Waals surface area contributed by atoms with Gasteiger partial charge in [0.25, 0.3) is 0 Å². The standard InChI is InChI=1S/C13H18FNO/c1-9-5-12(2,3)8-13(9,16)10-4-11(14)7-15-6-10/h4,6-7,9,16H,5,8H2,1-3H3. The molecule has 2 nitrogen and oxygen atoms in total. The summed E-state index contributed by atoms with van der Waals surface area (Å²) in [4.78, 5) is 3.82. The Hall–Kier alpha value is -0.960. The zero-order valence-electron chi connectivity index (χ0n) is 10.00. The molecule has 1 fully saturated rings. The number of pyridine rings is 1. The number of hydrogen-bond acceptors (Lipinski definition) is 2. The summed E-state index contributed by atoms with van der Waals surface area (Å²) >= 11 is 0. The van der Waals surface area contributed by atoms with Crippen LogP contribution in [0.1, 0.15) is 39.2 Å². The molecule has 2 atom stereocenters. The van der Waals surface area contributed by atoms with Crippen LogP contribution in [0.2, 0.25) is 0 Å². The van der Waals surface area contributed by atoms with Gasteiger partial charge >= 0.3 is 0 Å². The van der Waals surface area contributed by atoms with E-state index in [0.29, 0.717) is 12.0 Å². The first-order valence-electron chi connectivity index (χ1n) is 5.67. The van der Waals surface area contributed by atoms with Gasteiger partial charge in [-0.15, -0.1) is 0 Å². The molecule has 88 valence electrons. The van der Waals surface area contributed by atoms with Crippen molar-refractivity contribution >= 4 is 0 Å². The number of aliphatic hydroxyl groups is 1. The quantitative estimate of drug-likeness (QED) is 0.794. The van der Waals surface area contributed by atoms with Crippen LogP contribution in [0.3, 0.4) is 0 Å². The summed E-state index contributed by atoms with van der Waals surface area (Å²) in [6.45, 7) is 6.28. The number of nitrogens with zero attached hydrogens (tertiary/aromatic N) is 1. The number of rotatable bonds is 1. The van der Waals surface area contributed by atoms with Crippen molar-refractivity contribution in [2.45, 2.75) is 39.2 Å². The van der Waals surface area contributed by atoms with Crippen molar-refractivity contribution in [1.82, 2.24) is 4.98 Å². The van der Waals surface area contributed by atoms with E-state index in [2.05, 4.69) is 18.8 Å². The summed E-state index contributed by atoms with van der Waals surface area (Å²) < 4.78 is 13.1. The average Bonchev–Trinajstić information content (AvgIpc) is 2.36. The van der Waals surface area contributed by atoms with Crippen molar-refractivity contribution in [1.29, 1.82) is 0 Å². The Kier molecular flexibility index (Phi) is 2.54. The fraction of sp³-hybridized carbons (Fsp3) is 0.615. The van der Waals surface area contributed by atoms with Gasteiger partial charge in [0.1, 0.15) is 5.82 Å². The monoisotopic (exact) mass is 223 g/mol. The number of halogens is 1. The molecule has 0 aliphatic heterocycles. The van der Waals surface area contributed by atoms with Crippen molar-refractivity contribution in [3.63, 3.8) is 0 Å². The van der Waals surface area contributed by atoms with Gasteiger partial charge in [0.05, 0.1) is 11.8 Å². The van der Waals surface area contributed by atoms with E-state index in [1.165, 1.54) is 6.07 Å². The van der Waals surface area contributed by atoms with Gasteiger partial charge in [-0.1, -0.05) is 20.8 Å². The van der Waals surface area contributed by atoms with Gasteiger partial charge < -0.3 is 5.11 Å². The van der Waals surface area contributed by atoms with Crippen molar-refractivity contribution in [3.8, 4) is 0 Å². The summed E-state index contributed by atoms with van der Waals surface area (Å²) in [5.41, 5.74) is -0.232. The maximum Gasteiger partial charge on any atom is 0.141 e. The van der Waals surface area contributed by atoms with E-state index >= 15 is 0 Å². The lowest BCUT2D eigenvalue weighted by atomic mass is 9.84. The molecule has 16 heavy (non-hydrogen) atoms. The SMILES string of the molecule is CC1CC(C)(C)CC1(O)c1cncc(F)c1. The van der Waals surface area contributed by atoms with Crippen LogP contribution in [-0.4, -0.2) is 10.1 Å². The van der Waals surface area contributed by atoms with E-state index in [1.807, 2.05) is 6.92 Å². The molecule has 2 unspecified atom stereocenters. The first-order chi connectivity index (χ1) is 7.33. The van der Waals surface area contributed by atoms with E-state index in [0.717, 1.165) is 12.6 Å². The summed E-state index contributed by atoms with van der Waals surface area (Å²) in [6.07, 6.45) is 4.34. The summed E-state index contributed by atoms with van der Waals surface area (Å²) in [6, 6.07) is 1.39. The minimum absolute atomic E-state index is 0.0977. The largest absolute Gasteiger partial charge is 0.385 e.